The number of aromatic amines is 1. The van der Waals surface area contributed by atoms with Crippen molar-refractivity contribution in [3.05, 3.63) is 65.5 Å². The van der Waals surface area contributed by atoms with Gasteiger partial charge in [0.25, 0.3) is 5.91 Å². The molecule has 0 saturated carbocycles. The molecule has 0 saturated heterocycles. The number of Topliss-reactive ketones (excluding diaryl/α,β-unsaturated/α-hetero) is 1. The Hall–Kier alpha value is -2.66. The van der Waals surface area contributed by atoms with Gasteiger partial charge in [-0.15, -0.1) is 0 Å². The van der Waals surface area contributed by atoms with Gasteiger partial charge < -0.3 is 4.98 Å². The fourth-order valence-corrected chi connectivity index (χ4v) is 1.77. The van der Waals surface area contributed by atoms with Crippen LogP contribution in [0.1, 0.15) is 21.6 Å². The largest absolute Gasteiger partial charge is 0.361 e. The van der Waals surface area contributed by atoms with E-state index in [-0.39, 0.29) is 5.78 Å². The smallest absolute Gasteiger partial charge is 0.267 e. The summed E-state index contributed by atoms with van der Waals surface area (Å²) in [6.07, 6.45) is 4.72. The number of hydroxylamine groups is 1. The van der Waals surface area contributed by atoms with Crippen molar-refractivity contribution in [2.45, 2.75) is 6.42 Å². The summed E-state index contributed by atoms with van der Waals surface area (Å²) in [5.74, 6) is -0.574. The normalized spacial score (nSPS) is 10.7. The third-order valence-corrected chi connectivity index (χ3v) is 2.75. The molecule has 0 bridgehead atoms. The minimum Gasteiger partial charge on any atom is -0.361 e. The molecule has 5 heteroatoms. The van der Waals surface area contributed by atoms with Crippen molar-refractivity contribution in [3.63, 3.8) is 0 Å². The van der Waals surface area contributed by atoms with Crippen LogP contribution >= 0.6 is 0 Å². The van der Waals surface area contributed by atoms with Gasteiger partial charge in [-0.05, 0) is 17.7 Å². The molecule has 3 N–H and O–H groups in total. The van der Waals surface area contributed by atoms with Gasteiger partial charge in [0, 0.05) is 30.0 Å². The Bertz CT molecular complexity index is 630. The zero-order valence-electron chi connectivity index (χ0n) is 10.7. The van der Waals surface area contributed by atoms with Crippen molar-refractivity contribution < 1.29 is 14.8 Å². The second-order valence-corrected chi connectivity index (χ2v) is 4.24. The van der Waals surface area contributed by atoms with Crippen molar-refractivity contribution in [3.8, 4) is 0 Å². The Morgan fingerprint density at radius 3 is 2.70 bits per heavy atom. The lowest BCUT2D eigenvalue weighted by atomic mass is 10.1. The predicted molar refractivity (Wildman–Crippen MR) is 74.2 cm³/mol. The molecule has 5 nitrogen and oxygen atoms in total. The summed E-state index contributed by atoms with van der Waals surface area (Å²) in [6, 6.07) is 10.9. The molecule has 2 rings (SSSR count). The Morgan fingerprint density at radius 1 is 1.25 bits per heavy atom. The lowest BCUT2D eigenvalue weighted by molar-refractivity contribution is -0.124. The van der Waals surface area contributed by atoms with Gasteiger partial charge in [-0.1, -0.05) is 30.3 Å². The molecule has 0 aliphatic heterocycles. The third kappa shape index (κ3) is 3.66. The zero-order chi connectivity index (χ0) is 14.4. The van der Waals surface area contributed by atoms with Gasteiger partial charge in [-0.25, -0.2) is 5.48 Å². The summed E-state index contributed by atoms with van der Waals surface area (Å²) in [6.45, 7) is 0. The van der Waals surface area contributed by atoms with Crippen molar-refractivity contribution in [2.75, 3.05) is 0 Å². The summed E-state index contributed by atoms with van der Waals surface area (Å²) < 4.78 is 0. The monoisotopic (exact) mass is 270 g/mol. The van der Waals surface area contributed by atoms with Crippen LogP contribution < -0.4 is 5.48 Å². The first-order valence-corrected chi connectivity index (χ1v) is 6.07. The van der Waals surface area contributed by atoms with E-state index in [4.69, 9.17) is 5.21 Å². The SMILES string of the molecule is O=C(C=Cc1cc(CC(=O)c2ccccc2)c[nH]1)NO. The van der Waals surface area contributed by atoms with Crippen LogP contribution in [0, 0.1) is 0 Å². The number of carbonyl (C=O) groups excluding carboxylic acids is 2. The van der Waals surface area contributed by atoms with Crippen molar-refractivity contribution in [1.29, 1.82) is 0 Å². The van der Waals surface area contributed by atoms with Crippen molar-refractivity contribution in [2.24, 2.45) is 0 Å². The second-order valence-electron chi connectivity index (χ2n) is 4.24. The summed E-state index contributed by atoms with van der Waals surface area (Å²) in [5, 5.41) is 8.36. The fraction of sp³-hybridized carbons (Fsp3) is 0.0667. The highest BCUT2D eigenvalue weighted by Gasteiger charge is 2.07. The van der Waals surface area contributed by atoms with Crippen LogP contribution in [-0.4, -0.2) is 21.9 Å². The average molecular weight is 270 g/mol. The molecule has 1 aromatic heterocycles. The molecule has 1 heterocycles. The highest BCUT2D eigenvalue weighted by atomic mass is 16.5. The second kappa shape index (κ2) is 6.49. The fourth-order valence-electron chi connectivity index (χ4n) is 1.77. The van der Waals surface area contributed by atoms with Crippen LogP contribution in [0.25, 0.3) is 6.08 Å². The van der Waals surface area contributed by atoms with E-state index in [9.17, 15) is 9.59 Å². The van der Waals surface area contributed by atoms with E-state index >= 15 is 0 Å². The number of aromatic nitrogens is 1. The van der Waals surface area contributed by atoms with Gasteiger partial charge >= 0.3 is 0 Å². The molecule has 102 valence electrons. The maximum atomic E-state index is 12.0. The number of benzene rings is 1. The van der Waals surface area contributed by atoms with E-state index in [0.717, 1.165) is 5.56 Å². The van der Waals surface area contributed by atoms with E-state index in [1.165, 1.54) is 17.6 Å². The average Bonchev–Trinajstić information content (AvgIpc) is 2.93. The Kier molecular flexibility index (Phi) is 4.47. The molecule has 0 atom stereocenters. The molecular formula is C15H14N2O3. The maximum absolute atomic E-state index is 12.0. The molecule has 0 spiro atoms. The minimum atomic E-state index is -0.610. The summed E-state index contributed by atoms with van der Waals surface area (Å²) in [5.41, 5.74) is 3.69. The highest BCUT2D eigenvalue weighted by Crippen LogP contribution is 2.10. The van der Waals surface area contributed by atoms with Gasteiger partial charge in [0.05, 0.1) is 0 Å². The van der Waals surface area contributed by atoms with Crippen LogP contribution in [0.3, 0.4) is 0 Å². The molecule has 0 aliphatic rings. The number of rotatable bonds is 5. The first-order chi connectivity index (χ1) is 9.69. The van der Waals surface area contributed by atoms with Crippen LogP contribution in [0.5, 0.6) is 0 Å². The van der Waals surface area contributed by atoms with Crippen LogP contribution in [-0.2, 0) is 11.2 Å². The summed E-state index contributed by atoms with van der Waals surface area (Å²) >= 11 is 0. The maximum Gasteiger partial charge on any atom is 0.267 e. The number of carbonyl (C=O) groups is 2. The highest BCUT2D eigenvalue weighted by molar-refractivity contribution is 5.97. The zero-order valence-corrected chi connectivity index (χ0v) is 10.7. The van der Waals surface area contributed by atoms with E-state index in [2.05, 4.69) is 4.98 Å². The molecule has 20 heavy (non-hydrogen) atoms. The molecule has 0 radical (unpaired) electrons. The van der Waals surface area contributed by atoms with Gasteiger partial charge in [0.2, 0.25) is 0 Å². The lowest BCUT2D eigenvalue weighted by Gasteiger charge is -1.98. The summed E-state index contributed by atoms with van der Waals surface area (Å²) in [4.78, 5) is 25.8. The summed E-state index contributed by atoms with van der Waals surface area (Å²) in [7, 11) is 0. The molecule has 0 unspecified atom stereocenters. The van der Waals surface area contributed by atoms with Gasteiger partial charge in [-0.3, -0.25) is 14.8 Å². The molecule has 1 amide bonds. The lowest BCUT2D eigenvalue weighted by Crippen LogP contribution is -2.14. The number of H-pyrrole nitrogens is 1. The van der Waals surface area contributed by atoms with Gasteiger partial charge in [0.15, 0.2) is 5.78 Å². The topological polar surface area (TPSA) is 82.2 Å². The Labute approximate surface area is 115 Å². The van der Waals surface area contributed by atoms with E-state index in [1.54, 1.807) is 24.4 Å². The minimum absolute atomic E-state index is 0.0354. The van der Waals surface area contributed by atoms with Crippen molar-refractivity contribution in [1.82, 2.24) is 10.5 Å². The number of hydrogen-bond donors (Lipinski definition) is 3. The molecule has 0 aliphatic carbocycles. The number of amides is 1. The molecule has 2 aromatic rings. The molecular weight excluding hydrogens is 256 g/mol. The molecule has 1 aromatic carbocycles. The quantitative estimate of drug-likeness (QED) is 0.336. The Balaban J connectivity index is 2.01. The van der Waals surface area contributed by atoms with Crippen molar-refractivity contribution >= 4 is 17.8 Å². The number of ketones is 1. The number of hydrogen-bond acceptors (Lipinski definition) is 3. The third-order valence-electron chi connectivity index (χ3n) is 2.75. The standard InChI is InChI=1S/C15H14N2O3/c18-14(12-4-2-1-3-5-12)9-11-8-13(16-10-11)6-7-15(19)17-20/h1-8,10,16,20H,9H2,(H,17,19). The predicted octanol–water partition coefficient (Wildman–Crippen LogP) is 1.96. The first kappa shape index (κ1) is 13.8. The van der Waals surface area contributed by atoms with Crippen LogP contribution in [0.15, 0.2) is 48.7 Å². The first-order valence-electron chi connectivity index (χ1n) is 6.07. The van der Waals surface area contributed by atoms with Gasteiger partial charge in [0.1, 0.15) is 0 Å². The van der Waals surface area contributed by atoms with Crippen LogP contribution in [0.2, 0.25) is 0 Å². The Morgan fingerprint density at radius 2 is 2.00 bits per heavy atom. The van der Waals surface area contributed by atoms with E-state index < -0.39 is 5.91 Å². The van der Waals surface area contributed by atoms with Gasteiger partial charge in [-0.2, -0.15) is 0 Å². The number of nitrogens with one attached hydrogen (secondary N) is 2. The van der Waals surface area contributed by atoms with Crippen LogP contribution in [0.4, 0.5) is 0 Å². The van der Waals surface area contributed by atoms with E-state index in [0.29, 0.717) is 17.7 Å². The molecule has 0 fully saturated rings. The van der Waals surface area contributed by atoms with E-state index in [1.807, 2.05) is 18.2 Å².